The van der Waals surface area contributed by atoms with E-state index in [0.29, 0.717) is 24.5 Å². The second-order valence-electron chi connectivity index (χ2n) is 12.4. The number of rotatable bonds is 20. The molecule has 224 valence electrons. The average Bonchev–Trinajstić information content (AvgIpc) is 2.78. The molecule has 0 saturated heterocycles. The lowest BCUT2D eigenvalue weighted by Crippen LogP contribution is -2.61. The van der Waals surface area contributed by atoms with Gasteiger partial charge in [-0.05, 0) is 66.3 Å². The van der Waals surface area contributed by atoms with Crippen LogP contribution < -0.4 is 5.32 Å². The van der Waals surface area contributed by atoms with Gasteiger partial charge in [-0.2, -0.15) is 0 Å². The second-order valence-corrected chi connectivity index (χ2v) is 26.4. The highest BCUT2D eigenvalue weighted by Crippen LogP contribution is 2.33. The van der Waals surface area contributed by atoms with Crippen molar-refractivity contribution in [1.29, 1.82) is 0 Å². The van der Waals surface area contributed by atoms with Crippen molar-refractivity contribution >= 4 is 36.8 Å². The molecule has 1 atom stereocenters. The van der Waals surface area contributed by atoms with Gasteiger partial charge in [0.05, 0.1) is 26.4 Å². The maximum Gasteiger partial charge on any atom is 0.407 e. The van der Waals surface area contributed by atoms with Gasteiger partial charge < -0.3 is 28.4 Å². The zero-order valence-electron chi connectivity index (χ0n) is 26.2. The SMILES string of the molecule is C=C(C)C(=O)OCCNC(=O)OCCOCCC[Si](C)(C)OC(C)(C)[Si](C)(C)OC(C)[Si](C)(C)CCCC. The van der Waals surface area contributed by atoms with Gasteiger partial charge in [-0.15, -0.1) is 0 Å². The Morgan fingerprint density at radius 2 is 1.55 bits per heavy atom. The first kappa shape index (κ1) is 37.0. The summed E-state index contributed by atoms with van der Waals surface area (Å²) >= 11 is 0. The molecule has 0 aromatic heterocycles. The van der Waals surface area contributed by atoms with Crippen LogP contribution in [0.1, 0.15) is 53.9 Å². The van der Waals surface area contributed by atoms with E-state index in [-0.39, 0.29) is 25.0 Å². The van der Waals surface area contributed by atoms with Gasteiger partial charge in [0.2, 0.25) is 8.32 Å². The molecule has 0 spiro atoms. The molecule has 0 rings (SSSR count). The standard InChI is InChI=1S/C27H57NO7Si3/c1-13-14-21-36(7,8)24(4)34-38(11,12)27(5,6)35-37(9,10)22-15-17-31-19-20-33-26(30)28-16-18-32-25(29)23(2)3/h24H,2,13-22H2,1,3-12H3,(H,28,30). The molecule has 0 aliphatic rings. The fourth-order valence-corrected chi connectivity index (χ4v) is 13.1. The van der Waals surface area contributed by atoms with Gasteiger partial charge in [-0.3, -0.25) is 0 Å². The van der Waals surface area contributed by atoms with Gasteiger partial charge in [-0.25, -0.2) is 9.59 Å². The predicted molar refractivity (Wildman–Crippen MR) is 163 cm³/mol. The Morgan fingerprint density at radius 3 is 2.13 bits per heavy atom. The minimum absolute atomic E-state index is 0.0688. The van der Waals surface area contributed by atoms with Crippen LogP contribution in [0.2, 0.25) is 51.4 Å². The van der Waals surface area contributed by atoms with Crippen molar-refractivity contribution in [3.05, 3.63) is 12.2 Å². The van der Waals surface area contributed by atoms with Gasteiger partial charge in [-0.1, -0.05) is 45.5 Å². The first-order valence-electron chi connectivity index (χ1n) is 14.1. The van der Waals surface area contributed by atoms with Crippen LogP contribution in [0, 0.1) is 0 Å². The summed E-state index contributed by atoms with van der Waals surface area (Å²) in [6.45, 7) is 29.4. The van der Waals surface area contributed by atoms with Crippen molar-refractivity contribution in [2.75, 3.05) is 33.0 Å². The molecule has 0 heterocycles. The lowest BCUT2D eigenvalue weighted by atomic mass is 10.4. The maximum atomic E-state index is 11.7. The van der Waals surface area contributed by atoms with Crippen LogP contribution in [0.3, 0.4) is 0 Å². The van der Waals surface area contributed by atoms with E-state index in [1.165, 1.54) is 18.9 Å². The Kier molecular flexibility index (Phi) is 16.5. The minimum atomic E-state index is -2.12. The molecule has 1 amide bonds. The fraction of sp³-hybridized carbons (Fsp3) is 0.852. The highest BCUT2D eigenvalue weighted by Gasteiger charge is 2.48. The van der Waals surface area contributed by atoms with Crippen LogP contribution in [-0.4, -0.2) is 80.7 Å². The van der Waals surface area contributed by atoms with Crippen molar-refractivity contribution in [3.63, 3.8) is 0 Å². The number of nitrogens with one attached hydrogen (secondary N) is 1. The molecular formula is C27H57NO7Si3. The van der Waals surface area contributed by atoms with E-state index in [4.69, 9.17) is 23.1 Å². The Bertz CT molecular complexity index is 742. The molecule has 8 nitrogen and oxygen atoms in total. The molecule has 0 aromatic rings. The van der Waals surface area contributed by atoms with Crippen LogP contribution in [0.5, 0.6) is 0 Å². The number of hydrogen-bond acceptors (Lipinski definition) is 7. The number of carbonyl (C=O) groups is 2. The summed E-state index contributed by atoms with van der Waals surface area (Å²) < 4.78 is 29.3. The summed E-state index contributed by atoms with van der Waals surface area (Å²) in [6, 6.07) is 2.29. The van der Waals surface area contributed by atoms with Crippen molar-refractivity contribution in [3.8, 4) is 0 Å². The first-order chi connectivity index (χ1) is 17.4. The number of unbranched alkanes of at least 4 members (excludes halogenated alkanes) is 1. The molecule has 11 heteroatoms. The maximum absolute atomic E-state index is 11.7. The minimum Gasteiger partial charge on any atom is -0.460 e. The molecule has 0 aromatic carbocycles. The Morgan fingerprint density at radius 1 is 0.921 bits per heavy atom. The third kappa shape index (κ3) is 15.0. The Hall–Kier alpha value is -0.989. The molecule has 0 saturated carbocycles. The van der Waals surface area contributed by atoms with Crippen molar-refractivity contribution in [1.82, 2.24) is 5.32 Å². The molecule has 0 aliphatic carbocycles. The van der Waals surface area contributed by atoms with Gasteiger partial charge in [0.1, 0.15) is 13.2 Å². The molecule has 0 radical (unpaired) electrons. The molecule has 1 unspecified atom stereocenters. The monoisotopic (exact) mass is 591 g/mol. The van der Waals surface area contributed by atoms with E-state index >= 15 is 0 Å². The summed E-state index contributed by atoms with van der Waals surface area (Å²) in [6.07, 6.45) is 2.85. The van der Waals surface area contributed by atoms with Crippen molar-refractivity contribution in [2.24, 2.45) is 0 Å². The number of carbonyl (C=O) groups excluding carboxylic acids is 2. The summed E-state index contributed by atoms with van der Waals surface area (Å²) in [7, 11) is -5.50. The zero-order valence-corrected chi connectivity index (χ0v) is 29.2. The van der Waals surface area contributed by atoms with Gasteiger partial charge in [0.15, 0.2) is 8.32 Å². The highest BCUT2D eigenvalue weighted by atomic mass is 28.4. The fourth-order valence-electron chi connectivity index (χ4n) is 3.81. The number of ether oxygens (including phenoxy) is 3. The van der Waals surface area contributed by atoms with E-state index in [0.717, 1.165) is 12.5 Å². The first-order valence-corrected chi connectivity index (χ1v) is 23.4. The van der Waals surface area contributed by atoms with Crippen LogP contribution >= 0.6 is 0 Å². The smallest absolute Gasteiger partial charge is 0.407 e. The average molecular weight is 592 g/mol. The van der Waals surface area contributed by atoms with Crippen LogP contribution in [-0.2, 0) is 27.9 Å². The van der Waals surface area contributed by atoms with Crippen LogP contribution in [0.4, 0.5) is 4.79 Å². The number of hydrogen-bond donors (Lipinski definition) is 1. The van der Waals surface area contributed by atoms with Gasteiger partial charge >= 0.3 is 12.1 Å². The van der Waals surface area contributed by atoms with Crippen molar-refractivity contribution < 1.29 is 32.7 Å². The van der Waals surface area contributed by atoms with E-state index in [2.05, 4.69) is 78.9 Å². The van der Waals surface area contributed by atoms with E-state index < -0.39 is 36.8 Å². The molecule has 0 fully saturated rings. The van der Waals surface area contributed by atoms with E-state index in [1.54, 1.807) is 6.92 Å². The number of amides is 1. The molecule has 38 heavy (non-hydrogen) atoms. The molecule has 0 bridgehead atoms. The van der Waals surface area contributed by atoms with Crippen LogP contribution in [0.25, 0.3) is 0 Å². The number of esters is 1. The normalized spacial score (nSPS) is 13.7. The Balaban J connectivity index is 4.33. The summed E-state index contributed by atoms with van der Waals surface area (Å²) in [5, 5.41) is 2.24. The summed E-state index contributed by atoms with van der Waals surface area (Å²) in [4.78, 5) is 22.9. The predicted octanol–water partition coefficient (Wildman–Crippen LogP) is 6.44. The zero-order chi connectivity index (χ0) is 29.6. The third-order valence-electron chi connectivity index (χ3n) is 7.21. The molecular weight excluding hydrogens is 535 g/mol. The number of alkyl carbamates (subject to hydrolysis) is 1. The highest BCUT2D eigenvalue weighted by molar-refractivity contribution is 6.81. The van der Waals surface area contributed by atoms with Crippen molar-refractivity contribution in [2.45, 2.75) is 116 Å². The van der Waals surface area contributed by atoms with Crippen LogP contribution in [0.15, 0.2) is 12.2 Å². The molecule has 1 N–H and O–H groups in total. The largest absolute Gasteiger partial charge is 0.460 e. The lowest BCUT2D eigenvalue weighted by molar-refractivity contribution is -0.138. The van der Waals surface area contributed by atoms with Gasteiger partial charge in [0, 0.05) is 17.9 Å². The topological polar surface area (TPSA) is 92.3 Å². The quantitative estimate of drug-likeness (QED) is 0.0754. The summed E-state index contributed by atoms with van der Waals surface area (Å²) in [5.41, 5.74) is 0.638. The summed E-state index contributed by atoms with van der Waals surface area (Å²) in [5.74, 6) is -0.481. The Labute approximate surface area is 235 Å². The van der Waals surface area contributed by atoms with E-state index in [1.807, 2.05) is 0 Å². The third-order valence-corrected chi connectivity index (χ3v) is 18.2. The van der Waals surface area contributed by atoms with E-state index in [9.17, 15) is 9.59 Å². The van der Waals surface area contributed by atoms with Gasteiger partial charge in [0.25, 0.3) is 0 Å². The molecule has 0 aliphatic heterocycles. The second kappa shape index (κ2) is 17.0. The lowest BCUT2D eigenvalue weighted by Gasteiger charge is -2.47.